The van der Waals surface area contributed by atoms with Gasteiger partial charge in [0, 0.05) is 24.3 Å². The van der Waals surface area contributed by atoms with Crippen LogP contribution in [0.3, 0.4) is 0 Å². The number of aromatic nitrogens is 1. The molecule has 0 aliphatic carbocycles. The molecule has 1 heterocycles. The molecule has 0 bridgehead atoms. The van der Waals surface area contributed by atoms with Crippen molar-refractivity contribution in [3.05, 3.63) is 57.7 Å². The Kier molecular flexibility index (Phi) is 5.24. The molecular formula is C15H16Cl2N2O. The van der Waals surface area contributed by atoms with Crippen LogP contribution in [0.1, 0.15) is 24.1 Å². The summed E-state index contributed by atoms with van der Waals surface area (Å²) in [5.41, 5.74) is 2.10. The largest absolute Gasteiger partial charge is 0.481 e. The molecule has 1 unspecified atom stereocenters. The van der Waals surface area contributed by atoms with Crippen LogP contribution >= 0.6 is 23.2 Å². The van der Waals surface area contributed by atoms with Crippen LogP contribution in [0, 0.1) is 0 Å². The Morgan fingerprint density at radius 1 is 1.25 bits per heavy atom. The summed E-state index contributed by atoms with van der Waals surface area (Å²) in [5, 5.41) is 4.55. The minimum Gasteiger partial charge on any atom is -0.481 e. The van der Waals surface area contributed by atoms with Crippen molar-refractivity contribution >= 4 is 23.2 Å². The molecule has 0 aliphatic rings. The van der Waals surface area contributed by atoms with E-state index in [2.05, 4.69) is 17.2 Å². The number of ether oxygens (including phenoxy) is 1. The lowest BCUT2D eigenvalue weighted by molar-refractivity contribution is 0.389. The van der Waals surface area contributed by atoms with Gasteiger partial charge in [0.25, 0.3) is 0 Å². The van der Waals surface area contributed by atoms with E-state index in [0.717, 1.165) is 11.1 Å². The highest BCUT2D eigenvalue weighted by Gasteiger charge is 2.09. The molecule has 1 aromatic heterocycles. The molecule has 1 N–H and O–H groups in total. The van der Waals surface area contributed by atoms with E-state index in [9.17, 15) is 0 Å². The van der Waals surface area contributed by atoms with E-state index in [0.29, 0.717) is 22.5 Å². The van der Waals surface area contributed by atoms with Crippen molar-refractivity contribution in [1.29, 1.82) is 0 Å². The Labute approximate surface area is 128 Å². The first-order valence-electron chi connectivity index (χ1n) is 6.28. The predicted octanol–water partition coefficient (Wildman–Crippen LogP) is 4.25. The third kappa shape index (κ3) is 3.63. The SMILES string of the molecule is COc1ncccc1CNC(C)c1ccc(Cl)c(Cl)c1. The number of rotatable bonds is 5. The number of halogens is 2. The Morgan fingerprint density at radius 3 is 2.75 bits per heavy atom. The summed E-state index contributed by atoms with van der Waals surface area (Å²) in [6.07, 6.45) is 1.71. The van der Waals surface area contributed by atoms with Crippen molar-refractivity contribution in [2.45, 2.75) is 19.5 Å². The maximum absolute atomic E-state index is 6.03. The summed E-state index contributed by atoms with van der Waals surface area (Å²) in [5.74, 6) is 0.640. The molecule has 0 aliphatic heterocycles. The summed E-state index contributed by atoms with van der Waals surface area (Å²) < 4.78 is 5.23. The van der Waals surface area contributed by atoms with Crippen molar-refractivity contribution in [3.8, 4) is 5.88 Å². The van der Waals surface area contributed by atoms with Crippen LogP contribution in [0.2, 0.25) is 10.0 Å². The van der Waals surface area contributed by atoms with Gasteiger partial charge >= 0.3 is 0 Å². The molecule has 0 radical (unpaired) electrons. The lowest BCUT2D eigenvalue weighted by atomic mass is 10.1. The molecule has 2 aromatic rings. The number of benzene rings is 1. The normalized spacial score (nSPS) is 12.2. The summed E-state index contributed by atoms with van der Waals surface area (Å²) in [6.45, 7) is 2.74. The summed E-state index contributed by atoms with van der Waals surface area (Å²) in [6, 6.07) is 9.68. The zero-order valence-corrected chi connectivity index (χ0v) is 12.9. The maximum Gasteiger partial charge on any atom is 0.217 e. The zero-order valence-electron chi connectivity index (χ0n) is 11.4. The number of pyridine rings is 1. The van der Waals surface area contributed by atoms with Crippen molar-refractivity contribution in [2.75, 3.05) is 7.11 Å². The number of nitrogens with zero attached hydrogens (tertiary/aromatic N) is 1. The van der Waals surface area contributed by atoms with E-state index in [1.54, 1.807) is 13.3 Å². The molecule has 5 heteroatoms. The summed E-state index contributed by atoms with van der Waals surface area (Å²) >= 11 is 12.0. The van der Waals surface area contributed by atoms with Crippen LogP contribution in [0.15, 0.2) is 36.5 Å². The monoisotopic (exact) mass is 310 g/mol. The third-order valence-corrected chi connectivity index (χ3v) is 3.82. The van der Waals surface area contributed by atoms with Gasteiger partial charge in [-0.3, -0.25) is 0 Å². The van der Waals surface area contributed by atoms with Gasteiger partial charge < -0.3 is 10.1 Å². The average molecular weight is 311 g/mol. The van der Waals surface area contributed by atoms with Gasteiger partial charge in [-0.2, -0.15) is 0 Å². The second kappa shape index (κ2) is 6.93. The van der Waals surface area contributed by atoms with Gasteiger partial charge in [-0.1, -0.05) is 35.3 Å². The van der Waals surface area contributed by atoms with Gasteiger partial charge in [0.15, 0.2) is 0 Å². The van der Waals surface area contributed by atoms with E-state index in [-0.39, 0.29) is 6.04 Å². The van der Waals surface area contributed by atoms with Crippen molar-refractivity contribution < 1.29 is 4.74 Å². The standard InChI is InChI=1S/C15H16Cl2N2O/c1-10(11-5-6-13(16)14(17)8-11)19-9-12-4-3-7-18-15(12)20-2/h3-8,10,19H,9H2,1-2H3. The van der Waals surface area contributed by atoms with E-state index >= 15 is 0 Å². The van der Waals surface area contributed by atoms with Crippen molar-refractivity contribution in [3.63, 3.8) is 0 Å². The van der Waals surface area contributed by atoms with Crippen LogP contribution in [-0.2, 0) is 6.54 Å². The van der Waals surface area contributed by atoms with Crippen LogP contribution in [0.5, 0.6) is 5.88 Å². The molecule has 0 amide bonds. The molecule has 1 aromatic carbocycles. The van der Waals surface area contributed by atoms with Crippen LogP contribution in [0.25, 0.3) is 0 Å². The van der Waals surface area contributed by atoms with Crippen molar-refractivity contribution in [2.24, 2.45) is 0 Å². The molecule has 3 nitrogen and oxygen atoms in total. The molecule has 0 saturated heterocycles. The first kappa shape index (κ1) is 15.1. The van der Waals surface area contributed by atoms with E-state index in [1.807, 2.05) is 30.3 Å². The Morgan fingerprint density at radius 2 is 2.05 bits per heavy atom. The quantitative estimate of drug-likeness (QED) is 0.896. The fourth-order valence-corrected chi connectivity index (χ4v) is 2.21. The minimum atomic E-state index is 0.148. The van der Waals surface area contributed by atoms with Gasteiger partial charge in [0.05, 0.1) is 17.2 Å². The minimum absolute atomic E-state index is 0.148. The topological polar surface area (TPSA) is 34.1 Å². The maximum atomic E-state index is 6.03. The number of methoxy groups -OCH3 is 1. The highest BCUT2D eigenvalue weighted by Crippen LogP contribution is 2.26. The lowest BCUT2D eigenvalue weighted by Crippen LogP contribution is -2.18. The highest BCUT2D eigenvalue weighted by molar-refractivity contribution is 6.42. The molecule has 2 rings (SSSR count). The third-order valence-electron chi connectivity index (χ3n) is 3.09. The van der Waals surface area contributed by atoms with E-state index in [4.69, 9.17) is 27.9 Å². The van der Waals surface area contributed by atoms with Gasteiger partial charge in [-0.05, 0) is 30.7 Å². The Balaban J connectivity index is 2.04. The van der Waals surface area contributed by atoms with Gasteiger partial charge in [0.2, 0.25) is 5.88 Å². The van der Waals surface area contributed by atoms with Gasteiger partial charge in [-0.15, -0.1) is 0 Å². The van der Waals surface area contributed by atoms with Gasteiger partial charge in [-0.25, -0.2) is 4.98 Å². The predicted molar refractivity (Wildman–Crippen MR) is 82.5 cm³/mol. The number of hydrogen-bond donors (Lipinski definition) is 1. The first-order chi connectivity index (χ1) is 9.61. The van der Waals surface area contributed by atoms with E-state index in [1.165, 1.54) is 0 Å². The van der Waals surface area contributed by atoms with Crippen LogP contribution in [0.4, 0.5) is 0 Å². The number of hydrogen-bond acceptors (Lipinski definition) is 3. The Hall–Kier alpha value is -1.29. The second-order valence-corrected chi connectivity index (χ2v) is 5.26. The second-order valence-electron chi connectivity index (χ2n) is 4.45. The number of nitrogens with one attached hydrogen (secondary N) is 1. The van der Waals surface area contributed by atoms with E-state index < -0.39 is 0 Å². The fraction of sp³-hybridized carbons (Fsp3) is 0.267. The summed E-state index contributed by atoms with van der Waals surface area (Å²) in [4.78, 5) is 4.17. The smallest absolute Gasteiger partial charge is 0.217 e. The molecule has 0 saturated carbocycles. The molecule has 20 heavy (non-hydrogen) atoms. The van der Waals surface area contributed by atoms with Crippen LogP contribution < -0.4 is 10.1 Å². The Bertz CT molecular complexity index is 590. The summed E-state index contributed by atoms with van der Waals surface area (Å²) in [7, 11) is 1.62. The molecule has 0 spiro atoms. The van der Waals surface area contributed by atoms with Crippen molar-refractivity contribution in [1.82, 2.24) is 10.3 Å². The molecule has 0 fully saturated rings. The molecular weight excluding hydrogens is 295 g/mol. The van der Waals surface area contributed by atoms with Gasteiger partial charge in [0.1, 0.15) is 0 Å². The average Bonchev–Trinajstić information content (AvgIpc) is 2.47. The van der Waals surface area contributed by atoms with Crippen LogP contribution in [-0.4, -0.2) is 12.1 Å². The molecule has 106 valence electrons. The highest BCUT2D eigenvalue weighted by atomic mass is 35.5. The lowest BCUT2D eigenvalue weighted by Gasteiger charge is -2.16. The first-order valence-corrected chi connectivity index (χ1v) is 7.03. The fourth-order valence-electron chi connectivity index (χ4n) is 1.91. The molecule has 1 atom stereocenters. The zero-order chi connectivity index (χ0) is 14.5.